The minimum absolute atomic E-state index is 0.141. The molecule has 8 heteroatoms. The molecular weight excluding hydrogens is 406 g/mol. The van der Waals surface area contributed by atoms with E-state index in [2.05, 4.69) is 10.6 Å². The monoisotopic (exact) mass is 427 g/mol. The highest BCUT2D eigenvalue weighted by atomic mass is 35.5. The summed E-state index contributed by atoms with van der Waals surface area (Å²) in [5.41, 5.74) is 1.66. The van der Waals surface area contributed by atoms with Crippen molar-refractivity contribution in [1.29, 1.82) is 0 Å². The Morgan fingerprint density at radius 3 is 2.00 bits per heavy atom. The van der Waals surface area contributed by atoms with Crippen molar-refractivity contribution in [2.24, 2.45) is 0 Å². The van der Waals surface area contributed by atoms with Gasteiger partial charge in [0.25, 0.3) is 11.8 Å². The molecule has 3 rings (SSSR count). The molecule has 0 saturated heterocycles. The zero-order chi connectivity index (χ0) is 21.5. The molecule has 0 bridgehead atoms. The number of benzene rings is 2. The van der Waals surface area contributed by atoms with Gasteiger partial charge in [0.15, 0.2) is 0 Å². The third kappa shape index (κ3) is 5.45. The minimum atomic E-state index is -0.320. The molecule has 2 aromatic carbocycles. The number of nitrogens with one attached hydrogen (secondary N) is 2. The van der Waals surface area contributed by atoms with Gasteiger partial charge in [0, 0.05) is 31.1 Å². The minimum Gasteiger partial charge on any atom is -0.354 e. The van der Waals surface area contributed by atoms with Gasteiger partial charge in [0.1, 0.15) is 0 Å². The fraction of sp³-hybridized carbons (Fsp3) is 0.273. The van der Waals surface area contributed by atoms with Crippen molar-refractivity contribution in [2.75, 3.05) is 19.6 Å². The molecule has 1 aliphatic rings. The highest BCUT2D eigenvalue weighted by molar-refractivity contribution is 6.30. The standard InChI is InChI=1S/C22H22ClN3O4/c23-16-9-7-15(8-10-16)14-20(28)25-12-11-24-19(27)6-3-13-26-21(29)17-4-1-2-5-18(17)22(26)30/h1-2,4-5,7-10H,3,6,11-14H2,(H,24,27)(H,25,28). The average Bonchev–Trinajstić information content (AvgIpc) is 2.98. The van der Waals surface area contributed by atoms with E-state index in [4.69, 9.17) is 11.6 Å². The topological polar surface area (TPSA) is 95.6 Å². The largest absolute Gasteiger partial charge is 0.354 e. The molecule has 0 unspecified atom stereocenters. The van der Waals surface area contributed by atoms with Crippen LogP contribution in [0.2, 0.25) is 5.02 Å². The van der Waals surface area contributed by atoms with Gasteiger partial charge in [-0.05, 0) is 36.2 Å². The second-order valence-corrected chi connectivity index (χ2v) is 7.35. The third-order valence-corrected chi connectivity index (χ3v) is 4.96. The van der Waals surface area contributed by atoms with E-state index in [-0.39, 0.29) is 43.0 Å². The first-order chi connectivity index (χ1) is 14.5. The molecule has 0 saturated carbocycles. The molecule has 4 amide bonds. The van der Waals surface area contributed by atoms with Crippen LogP contribution in [-0.2, 0) is 16.0 Å². The van der Waals surface area contributed by atoms with Crippen LogP contribution in [0.3, 0.4) is 0 Å². The maximum absolute atomic E-state index is 12.3. The number of amides is 4. The number of imide groups is 1. The lowest BCUT2D eigenvalue weighted by Gasteiger charge is -2.13. The molecule has 0 fully saturated rings. The van der Waals surface area contributed by atoms with Gasteiger partial charge in [-0.25, -0.2) is 0 Å². The second-order valence-electron chi connectivity index (χ2n) is 6.91. The van der Waals surface area contributed by atoms with E-state index in [0.717, 1.165) is 5.56 Å². The van der Waals surface area contributed by atoms with Gasteiger partial charge in [-0.15, -0.1) is 0 Å². The fourth-order valence-corrected chi connectivity index (χ4v) is 3.31. The van der Waals surface area contributed by atoms with Crippen LogP contribution in [0.25, 0.3) is 0 Å². The molecule has 0 aromatic heterocycles. The lowest BCUT2D eigenvalue weighted by Crippen LogP contribution is -2.36. The summed E-state index contributed by atoms with van der Waals surface area (Å²) in [4.78, 5) is 49.5. The van der Waals surface area contributed by atoms with E-state index in [9.17, 15) is 19.2 Å². The normalized spacial score (nSPS) is 12.6. The molecule has 1 heterocycles. The van der Waals surface area contributed by atoms with Crippen molar-refractivity contribution in [3.63, 3.8) is 0 Å². The van der Waals surface area contributed by atoms with Crippen LogP contribution in [-0.4, -0.2) is 48.2 Å². The summed E-state index contributed by atoms with van der Waals surface area (Å²) >= 11 is 5.81. The number of carbonyl (C=O) groups is 4. The first-order valence-corrected chi connectivity index (χ1v) is 10.1. The van der Waals surface area contributed by atoms with Crippen molar-refractivity contribution in [1.82, 2.24) is 15.5 Å². The van der Waals surface area contributed by atoms with Crippen LogP contribution in [0.4, 0.5) is 0 Å². The number of carbonyl (C=O) groups excluding carboxylic acids is 4. The van der Waals surface area contributed by atoms with Crippen molar-refractivity contribution in [3.8, 4) is 0 Å². The van der Waals surface area contributed by atoms with Crippen molar-refractivity contribution >= 4 is 35.2 Å². The lowest BCUT2D eigenvalue weighted by molar-refractivity contribution is -0.122. The molecule has 7 nitrogen and oxygen atoms in total. The van der Waals surface area contributed by atoms with E-state index < -0.39 is 0 Å². The molecule has 30 heavy (non-hydrogen) atoms. The molecule has 156 valence electrons. The molecule has 0 radical (unpaired) electrons. The summed E-state index contributed by atoms with van der Waals surface area (Å²) in [5, 5.41) is 6.07. The Labute approximate surface area is 179 Å². The molecule has 2 N–H and O–H groups in total. The Balaban J connectivity index is 1.30. The Kier molecular flexibility index (Phi) is 7.19. The zero-order valence-electron chi connectivity index (χ0n) is 16.3. The summed E-state index contributed by atoms with van der Waals surface area (Å²) in [7, 11) is 0. The van der Waals surface area contributed by atoms with Gasteiger partial charge in [0.2, 0.25) is 11.8 Å². The fourth-order valence-electron chi connectivity index (χ4n) is 3.18. The first kappa shape index (κ1) is 21.5. The highest BCUT2D eigenvalue weighted by Crippen LogP contribution is 2.22. The number of halogens is 1. The predicted molar refractivity (Wildman–Crippen MR) is 112 cm³/mol. The van der Waals surface area contributed by atoms with Crippen LogP contribution in [0.15, 0.2) is 48.5 Å². The molecule has 0 aliphatic carbocycles. The summed E-state index contributed by atoms with van der Waals surface area (Å²) < 4.78 is 0. The Morgan fingerprint density at radius 1 is 0.833 bits per heavy atom. The van der Waals surface area contributed by atoms with Crippen molar-refractivity contribution in [3.05, 3.63) is 70.2 Å². The first-order valence-electron chi connectivity index (χ1n) is 9.69. The van der Waals surface area contributed by atoms with Crippen LogP contribution >= 0.6 is 11.6 Å². The van der Waals surface area contributed by atoms with Crippen LogP contribution in [0.1, 0.15) is 39.1 Å². The Bertz CT molecular complexity index is 924. The van der Waals surface area contributed by atoms with Gasteiger partial charge in [-0.2, -0.15) is 0 Å². The van der Waals surface area contributed by atoms with Crippen molar-refractivity contribution < 1.29 is 19.2 Å². The van der Waals surface area contributed by atoms with E-state index in [0.29, 0.717) is 35.7 Å². The zero-order valence-corrected chi connectivity index (χ0v) is 17.1. The van der Waals surface area contributed by atoms with Gasteiger partial charge >= 0.3 is 0 Å². The molecular formula is C22H22ClN3O4. The van der Waals surface area contributed by atoms with Gasteiger partial charge in [-0.3, -0.25) is 24.1 Å². The van der Waals surface area contributed by atoms with Crippen LogP contribution in [0.5, 0.6) is 0 Å². The molecule has 2 aromatic rings. The maximum Gasteiger partial charge on any atom is 0.261 e. The summed E-state index contributed by atoms with van der Waals surface area (Å²) in [6.07, 6.45) is 0.803. The van der Waals surface area contributed by atoms with Gasteiger partial charge < -0.3 is 10.6 Å². The van der Waals surface area contributed by atoms with E-state index in [1.807, 2.05) is 0 Å². The SMILES string of the molecule is O=C(CCCN1C(=O)c2ccccc2C1=O)NCCNC(=O)Cc1ccc(Cl)cc1. The Hall–Kier alpha value is -3.19. The third-order valence-electron chi connectivity index (χ3n) is 4.71. The number of rotatable bonds is 9. The van der Waals surface area contributed by atoms with Crippen molar-refractivity contribution in [2.45, 2.75) is 19.3 Å². The van der Waals surface area contributed by atoms with E-state index in [1.165, 1.54) is 4.90 Å². The van der Waals surface area contributed by atoms with E-state index in [1.54, 1.807) is 48.5 Å². The van der Waals surface area contributed by atoms with Gasteiger partial charge in [-0.1, -0.05) is 35.9 Å². The summed E-state index contributed by atoms with van der Waals surface area (Å²) in [6.45, 7) is 0.812. The predicted octanol–water partition coefficient (Wildman–Crippen LogP) is 2.19. The molecule has 1 aliphatic heterocycles. The lowest BCUT2D eigenvalue weighted by atomic mass is 10.1. The summed E-state index contributed by atoms with van der Waals surface area (Å²) in [5.74, 6) is -0.977. The second kappa shape index (κ2) is 10.0. The smallest absolute Gasteiger partial charge is 0.261 e. The average molecular weight is 428 g/mol. The maximum atomic E-state index is 12.3. The van der Waals surface area contributed by atoms with Gasteiger partial charge in [0.05, 0.1) is 17.5 Å². The molecule has 0 spiro atoms. The van der Waals surface area contributed by atoms with E-state index >= 15 is 0 Å². The quantitative estimate of drug-likeness (QED) is 0.473. The van der Waals surface area contributed by atoms with Crippen LogP contribution in [0, 0.1) is 0 Å². The number of hydrogen-bond donors (Lipinski definition) is 2. The number of fused-ring (bicyclic) bond motifs is 1. The van der Waals surface area contributed by atoms with Crippen LogP contribution < -0.4 is 10.6 Å². The number of nitrogens with zero attached hydrogens (tertiary/aromatic N) is 1. The number of hydrogen-bond acceptors (Lipinski definition) is 4. The summed E-state index contributed by atoms with van der Waals surface area (Å²) in [6, 6.07) is 13.7. The Morgan fingerprint density at radius 2 is 1.40 bits per heavy atom. The highest BCUT2D eigenvalue weighted by Gasteiger charge is 2.34. The molecule has 0 atom stereocenters.